The molecule has 1 fully saturated rings. The van der Waals surface area contributed by atoms with Gasteiger partial charge in [-0.15, -0.1) is 11.3 Å². The van der Waals surface area contributed by atoms with Crippen molar-refractivity contribution in [2.24, 2.45) is 0 Å². The zero-order chi connectivity index (χ0) is 11.5. The molecule has 0 aliphatic carbocycles. The van der Waals surface area contributed by atoms with Gasteiger partial charge in [0.05, 0.1) is 0 Å². The third-order valence-electron chi connectivity index (χ3n) is 2.18. The molecule has 5 nitrogen and oxygen atoms in total. The van der Waals surface area contributed by atoms with Gasteiger partial charge in [0.2, 0.25) is 0 Å². The van der Waals surface area contributed by atoms with Gasteiger partial charge in [-0.2, -0.15) is 11.8 Å². The maximum atomic E-state index is 11.7. The van der Waals surface area contributed by atoms with E-state index in [-0.39, 0.29) is 22.7 Å². The van der Waals surface area contributed by atoms with Crippen LogP contribution in [0, 0.1) is 0 Å². The lowest BCUT2D eigenvalue weighted by molar-refractivity contribution is 0.0691. The zero-order valence-electron chi connectivity index (χ0n) is 8.30. The molecule has 16 heavy (non-hydrogen) atoms. The van der Waals surface area contributed by atoms with Crippen LogP contribution in [0.15, 0.2) is 5.38 Å². The summed E-state index contributed by atoms with van der Waals surface area (Å²) in [4.78, 5) is 26.0. The molecule has 1 aliphatic rings. The molecule has 1 saturated heterocycles. The molecule has 2 heterocycles. The Hall–Kier alpha value is -1.08. The smallest absolute Gasteiger partial charge is 0.355 e. The average molecular weight is 258 g/mol. The van der Waals surface area contributed by atoms with Gasteiger partial charge in [0, 0.05) is 17.2 Å². The summed E-state index contributed by atoms with van der Waals surface area (Å²) < 4.78 is 0. The normalized spacial score (nSPS) is 19.6. The van der Waals surface area contributed by atoms with Crippen LogP contribution in [-0.2, 0) is 0 Å². The summed E-state index contributed by atoms with van der Waals surface area (Å²) in [6.07, 6.45) is 0.966. The zero-order valence-corrected chi connectivity index (χ0v) is 9.94. The van der Waals surface area contributed by atoms with E-state index in [1.165, 1.54) is 5.38 Å². The Morgan fingerprint density at radius 1 is 1.56 bits per heavy atom. The van der Waals surface area contributed by atoms with Gasteiger partial charge in [-0.25, -0.2) is 9.78 Å². The third-order valence-corrected chi connectivity index (χ3v) is 4.19. The minimum atomic E-state index is -1.10. The lowest BCUT2D eigenvalue weighted by atomic mass is 10.2. The van der Waals surface area contributed by atoms with Crippen LogP contribution in [0.25, 0.3) is 0 Å². The van der Waals surface area contributed by atoms with Gasteiger partial charge in [0.25, 0.3) is 5.91 Å². The number of hydrogen-bond acceptors (Lipinski definition) is 5. The number of aromatic carboxylic acids is 1. The second-order valence-electron chi connectivity index (χ2n) is 3.38. The monoisotopic (exact) mass is 258 g/mol. The molecule has 0 saturated carbocycles. The molecule has 86 valence electrons. The number of thiazole rings is 1. The Bertz CT molecular complexity index is 413. The predicted octanol–water partition coefficient (Wildman–Crippen LogP) is 1.08. The van der Waals surface area contributed by atoms with E-state index < -0.39 is 5.97 Å². The quantitative estimate of drug-likeness (QED) is 0.848. The van der Waals surface area contributed by atoms with Gasteiger partial charge in [-0.05, 0) is 12.2 Å². The fourth-order valence-electron chi connectivity index (χ4n) is 1.37. The van der Waals surface area contributed by atoms with E-state index in [0.29, 0.717) is 0 Å². The number of rotatable bonds is 3. The van der Waals surface area contributed by atoms with Crippen molar-refractivity contribution in [3.05, 3.63) is 16.1 Å². The van der Waals surface area contributed by atoms with Crippen LogP contribution in [0.4, 0.5) is 0 Å². The molecule has 1 unspecified atom stereocenters. The van der Waals surface area contributed by atoms with Crippen molar-refractivity contribution >= 4 is 35.0 Å². The fraction of sp³-hybridized carbons (Fsp3) is 0.444. The number of thioether (sulfide) groups is 1. The second kappa shape index (κ2) is 4.84. The Balaban J connectivity index is 1.99. The van der Waals surface area contributed by atoms with E-state index >= 15 is 0 Å². The van der Waals surface area contributed by atoms with Crippen molar-refractivity contribution in [1.82, 2.24) is 10.3 Å². The van der Waals surface area contributed by atoms with Gasteiger partial charge in [-0.1, -0.05) is 0 Å². The Labute approximate surface area is 100 Å². The number of carboxylic acids is 1. The molecule has 0 spiro atoms. The van der Waals surface area contributed by atoms with Crippen molar-refractivity contribution in [1.29, 1.82) is 0 Å². The number of nitrogens with one attached hydrogen (secondary N) is 1. The number of nitrogens with zero attached hydrogens (tertiary/aromatic N) is 1. The lowest BCUT2D eigenvalue weighted by Crippen LogP contribution is -2.34. The van der Waals surface area contributed by atoms with Gasteiger partial charge in [0.1, 0.15) is 0 Å². The van der Waals surface area contributed by atoms with Crippen LogP contribution in [0.2, 0.25) is 0 Å². The van der Waals surface area contributed by atoms with E-state index in [2.05, 4.69) is 10.3 Å². The summed E-state index contributed by atoms with van der Waals surface area (Å²) in [7, 11) is 0. The van der Waals surface area contributed by atoms with Gasteiger partial charge >= 0.3 is 5.97 Å². The van der Waals surface area contributed by atoms with Crippen molar-refractivity contribution < 1.29 is 14.7 Å². The minimum absolute atomic E-state index is 0.0732. The number of carbonyl (C=O) groups excluding carboxylic acids is 1. The number of amides is 1. The topological polar surface area (TPSA) is 79.3 Å². The Morgan fingerprint density at radius 3 is 2.94 bits per heavy atom. The van der Waals surface area contributed by atoms with E-state index in [4.69, 9.17) is 5.11 Å². The standard InChI is InChI=1S/C9H10N2O3S2/c12-7(10-5-1-2-15-3-5)8-11-6(4-16-8)9(13)14/h4-5H,1-3H2,(H,10,12)(H,13,14). The van der Waals surface area contributed by atoms with Crippen LogP contribution in [0.3, 0.4) is 0 Å². The summed E-state index contributed by atoms with van der Waals surface area (Å²) in [5, 5.41) is 13.1. The maximum Gasteiger partial charge on any atom is 0.355 e. The number of hydrogen-bond donors (Lipinski definition) is 2. The molecule has 1 aromatic rings. The highest BCUT2D eigenvalue weighted by molar-refractivity contribution is 7.99. The first-order chi connectivity index (χ1) is 7.66. The van der Waals surface area contributed by atoms with Gasteiger partial charge in [0.15, 0.2) is 10.7 Å². The molecular weight excluding hydrogens is 248 g/mol. The number of carbonyl (C=O) groups is 2. The first kappa shape index (κ1) is 11.4. The molecule has 1 aliphatic heterocycles. The van der Waals surface area contributed by atoms with Crippen molar-refractivity contribution in [2.45, 2.75) is 12.5 Å². The van der Waals surface area contributed by atoms with Crippen LogP contribution in [0.1, 0.15) is 26.7 Å². The molecule has 1 aromatic heterocycles. The Morgan fingerprint density at radius 2 is 2.38 bits per heavy atom. The molecule has 7 heteroatoms. The van der Waals surface area contributed by atoms with E-state index in [1.54, 1.807) is 11.8 Å². The van der Waals surface area contributed by atoms with Crippen LogP contribution in [0.5, 0.6) is 0 Å². The summed E-state index contributed by atoms with van der Waals surface area (Å²) >= 11 is 2.86. The number of carboxylic acid groups (broad SMARTS) is 1. The molecule has 0 bridgehead atoms. The molecule has 1 amide bonds. The SMILES string of the molecule is O=C(O)c1csc(C(=O)NC2CCSC2)n1. The van der Waals surface area contributed by atoms with Crippen molar-refractivity contribution in [3.63, 3.8) is 0 Å². The molecular formula is C9H10N2O3S2. The van der Waals surface area contributed by atoms with E-state index in [1.807, 2.05) is 0 Å². The molecule has 2 rings (SSSR count). The average Bonchev–Trinajstić information content (AvgIpc) is 2.86. The molecule has 1 atom stereocenters. The van der Waals surface area contributed by atoms with Gasteiger partial charge < -0.3 is 10.4 Å². The van der Waals surface area contributed by atoms with Crippen LogP contribution in [-0.4, -0.2) is 39.5 Å². The third kappa shape index (κ3) is 2.53. The summed E-state index contributed by atoms with van der Waals surface area (Å²) in [6, 6.07) is 0.190. The highest BCUT2D eigenvalue weighted by atomic mass is 32.2. The highest BCUT2D eigenvalue weighted by Crippen LogP contribution is 2.18. The summed E-state index contributed by atoms with van der Waals surface area (Å²) in [5.41, 5.74) is -0.0732. The largest absolute Gasteiger partial charge is 0.476 e. The summed E-state index contributed by atoms with van der Waals surface area (Å²) in [5.74, 6) is 0.600. The highest BCUT2D eigenvalue weighted by Gasteiger charge is 2.20. The van der Waals surface area contributed by atoms with E-state index in [9.17, 15) is 9.59 Å². The first-order valence-corrected chi connectivity index (χ1v) is 6.77. The molecule has 0 radical (unpaired) electrons. The predicted molar refractivity (Wildman–Crippen MR) is 62.3 cm³/mol. The van der Waals surface area contributed by atoms with Crippen molar-refractivity contribution in [3.8, 4) is 0 Å². The number of aromatic nitrogens is 1. The first-order valence-electron chi connectivity index (χ1n) is 4.74. The maximum absolute atomic E-state index is 11.7. The van der Waals surface area contributed by atoms with Crippen LogP contribution < -0.4 is 5.32 Å². The molecule has 2 N–H and O–H groups in total. The minimum Gasteiger partial charge on any atom is -0.476 e. The van der Waals surface area contributed by atoms with E-state index in [0.717, 1.165) is 29.3 Å². The fourth-order valence-corrected chi connectivity index (χ4v) is 3.22. The lowest BCUT2D eigenvalue weighted by Gasteiger charge is -2.08. The van der Waals surface area contributed by atoms with Gasteiger partial charge in [-0.3, -0.25) is 4.79 Å². The molecule has 0 aromatic carbocycles. The second-order valence-corrected chi connectivity index (χ2v) is 5.38. The van der Waals surface area contributed by atoms with Crippen LogP contribution >= 0.6 is 23.1 Å². The van der Waals surface area contributed by atoms with Crippen molar-refractivity contribution in [2.75, 3.05) is 11.5 Å². The Kier molecular flexibility index (Phi) is 3.45. The summed E-state index contributed by atoms with van der Waals surface area (Å²) in [6.45, 7) is 0.